The van der Waals surface area contributed by atoms with Crippen LogP contribution in [0.4, 0.5) is 16.5 Å². The maximum atomic E-state index is 12.8. The molecule has 0 saturated carbocycles. The number of aromatic nitrogens is 1. The molecule has 29 heavy (non-hydrogen) atoms. The molecule has 0 radical (unpaired) electrons. The van der Waals surface area contributed by atoms with Crippen molar-refractivity contribution < 1.29 is 9.53 Å². The lowest BCUT2D eigenvalue weighted by Crippen LogP contribution is -2.12. The Morgan fingerprint density at radius 2 is 1.86 bits per heavy atom. The van der Waals surface area contributed by atoms with E-state index >= 15 is 0 Å². The van der Waals surface area contributed by atoms with Gasteiger partial charge in [-0.1, -0.05) is 35.9 Å². The zero-order chi connectivity index (χ0) is 20.1. The van der Waals surface area contributed by atoms with Crippen molar-refractivity contribution in [1.82, 2.24) is 4.98 Å². The lowest BCUT2D eigenvalue weighted by Gasteiger charge is -2.13. The molecule has 4 aromatic rings. The minimum Gasteiger partial charge on any atom is -0.455 e. The Labute approximate surface area is 177 Å². The van der Waals surface area contributed by atoms with Crippen molar-refractivity contribution in [2.45, 2.75) is 0 Å². The fourth-order valence-electron chi connectivity index (χ4n) is 2.65. The summed E-state index contributed by atoms with van der Waals surface area (Å²) >= 11 is 7.62. The SMILES string of the molecule is O=C(Nc1cc(Cl)ccc1Oc1ccccc1)c1cccc(Nc2nccs2)c1. The minimum absolute atomic E-state index is 0.270. The van der Waals surface area contributed by atoms with Gasteiger partial charge in [0.05, 0.1) is 5.69 Å². The molecule has 0 fully saturated rings. The van der Waals surface area contributed by atoms with Gasteiger partial charge >= 0.3 is 0 Å². The molecule has 0 atom stereocenters. The van der Waals surface area contributed by atoms with E-state index in [2.05, 4.69) is 15.6 Å². The quantitative estimate of drug-likeness (QED) is 0.369. The Hall–Kier alpha value is -3.35. The number of carbonyl (C=O) groups is 1. The lowest BCUT2D eigenvalue weighted by molar-refractivity contribution is 0.102. The highest BCUT2D eigenvalue weighted by atomic mass is 35.5. The first-order chi connectivity index (χ1) is 14.2. The van der Waals surface area contributed by atoms with Crippen LogP contribution < -0.4 is 15.4 Å². The maximum Gasteiger partial charge on any atom is 0.255 e. The number of rotatable bonds is 6. The van der Waals surface area contributed by atoms with Crippen molar-refractivity contribution in [3.63, 3.8) is 0 Å². The monoisotopic (exact) mass is 421 g/mol. The standard InChI is InChI=1S/C22H16ClN3O2S/c23-16-9-10-20(28-18-7-2-1-3-8-18)19(14-16)26-21(27)15-5-4-6-17(13-15)25-22-24-11-12-29-22/h1-14H,(H,24,25)(H,26,27). The molecule has 0 spiro atoms. The Balaban J connectivity index is 1.54. The average Bonchev–Trinajstić information content (AvgIpc) is 3.24. The number of anilines is 3. The molecule has 2 N–H and O–H groups in total. The fourth-order valence-corrected chi connectivity index (χ4v) is 3.37. The Bertz CT molecular complexity index is 1120. The van der Waals surface area contributed by atoms with Crippen LogP contribution in [0, 0.1) is 0 Å². The summed E-state index contributed by atoms with van der Waals surface area (Å²) in [4.78, 5) is 17.0. The molecule has 0 aliphatic carbocycles. The van der Waals surface area contributed by atoms with Crippen molar-refractivity contribution in [1.29, 1.82) is 0 Å². The summed E-state index contributed by atoms with van der Waals surface area (Å²) in [6.07, 6.45) is 1.72. The van der Waals surface area contributed by atoms with Gasteiger partial charge in [-0.15, -0.1) is 11.3 Å². The van der Waals surface area contributed by atoms with Gasteiger partial charge in [-0.05, 0) is 48.5 Å². The van der Waals surface area contributed by atoms with Crippen LogP contribution in [-0.4, -0.2) is 10.9 Å². The number of benzene rings is 3. The zero-order valence-corrected chi connectivity index (χ0v) is 16.7. The first-order valence-corrected chi connectivity index (χ1v) is 10.0. The Kier molecular flexibility index (Phi) is 5.74. The molecule has 3 aromatic carbocycles. The van der Waals surface area contributed by atoms with Crippen molar-refractivity contribution in [2.75, 3.05) is 10.6 Å². The van der Waals surface area contributed by atoms with Crippen LogP contribution in [0.15, 0.2) is 84.4 Å². The van der Waals surface area contributed by atoms with Crippen LogP contribution in [0.5, 0.6) is 11.5 Å². The van der Waals surface area contributed by atoms with Crippen LogP contribution >= 0.6 is 22.9 Å². The van der Waals surface area contributed by atoms with Crippen LogP contribution in [0.2, 0.25) is 5.02 Å². The van der Waals surface area contributed by atoms with Crippen LogP contribution in [0.25, 0.3) is 0 Å². The second kappa shape index (κ2) is 8.77. The lowest BCUT2D eigenvalue weighted by atomic mass is 10.1. The summed E-state index contributed by atoms with van der Waals surface area (Å²) < 4.78 is 5.90. The van der Waals surface area contributed by atoms with Gasteiger partial charge in [0.1, 0.15) is 5.75 Å². The normalized spacial score (nSPS) is 10.4. The van der Waals surface area contributed by atoms with Crippen molar-refractivity contribution in [2.24, 2.45) is 0 Å². The number of amides is 1. The third kappa shape index (κ3) is 4.93. The molecule has 0 aliphatic rings. The van der Waals surface area contributed by atoms with E-state index in [1.54, 1.807) is 36.5 Å². The van der Waals surface area contributed by atoms with Crippen molar-refractivity contribution in [3.05, 3.63) is 95.0 Å². The maximum absolute atomic E-state index is 12.8. The van der Waals surface area contributed by atoms with Gasteiger partial charge in [0, 0.05) is 27.9 Å². The number of para-hydroxylation sites is 1. The van der Waals surface area contributed by atoms with Gasteiger partial charge in [-0.25, -0.2) is 4.98 Å². The van der Waals surface area contributed by atoms with Gasteiger partial charge in [-0.3, -0.25) is 4.79 Å². The summed E-state index contributed by atoms with van der Waals surface area (Å²) in [6, 6.07) is 21.6. The van der Waals surface area contributed by atoms with Crippen LogP contribution in [0.1, 0.15) is 10.4 Å². The zero-order valence-electron chi connectivity index (χ0n) is 15.1. The molecule has 1 aromatic heterocycles. The van der Waals surface area contributed by atoms with Crippen LogP contribution in [0.3, 0.4) is 0 Å². The smallest absolute Gasteiger partial charge is 0.255 e. The largest absolute Gasteiger partial charge is 0.455 e. The summed E-state index contributed by atoms with van der Waals surface area (Å²) in [7, 11) is 0. The molecule has 0 saturated heterocycles. The molecule has 1 amide bonds. The molecule has 0 bridgehead atoms. The second-order valence-corrected chi connectivity index (χ2v) is 7.38. The first kappa shape index (κ1) is 19.0. The predicted molar refractivity (Wildman–Crippen MR) is 118 cm³/mol. The summed E-state index contributed by atoms with van der Waals surface area (Å²) in [5, 5.41) is 9.20. The predicted octanol–water partition coefficient (Wildman–Crippen LogP) is 6.58. The number of ether oxygens (including phenoxy) is 1. The van der Waals surface area contributed by atoms with Crippen LogP contribution in [-0.2, 0) is 0 Å². The van der Waals surface area contributed by atoms with Crippen molar-refractivity contribution >= 4 is 45.4 Å². The van der Waals surface area contributed by atoms with Gasteiger partial charge < -0.3 is 15.4 Å². The topological polar surface area (TPSA) is 63.2 Å². The van der Waals surface area contributed by atoms with Crippen molar-refractivity contribution in [3.8, 4) is 11.5 Å². The van der Waals surface area contributed by atoms with E-state index in [4.69, 9.17) is 16.3 Å². The molecule has 7 heteroatoms. The number of nitrogens with zero attached hydrogens (tertiary/aromatic N) is 1. The molecular formula is C22H16ClN3O2S. The number of hydrogen-bond acceptors (Lipinski definition) is 5. The molecule has 0 aliphatic heterocycles. The number of carbonyl (C=O) groups excluding carboxylic acids is 1. The second-order valence-electron chi connectivity index (χ2n) is 6.05. The highest BCUT2D eigenvalue weighted by Gasteiger charge is 2.12. The molecule has 0 unspecified atom stereocenters. The van der Waals surface area contributed by atoms with Gasteiger partial charge in [0.2, 0.25) is 0 Å². The first-order valence-electron chi connectivity index (χ1n) is 8.78. The highest BCUT2D eigenvalue weighted by Crippen LogP contribution is 2.32. The Morgan fingerprint density at radius 3 is 2.66 bits per heavy atom. The van der Waals surface area contributed by atoms with E-state index in [1.165, 1.54) is 11.3 Å². The summed E-state index contributed by atoms with van der Waals surface area (Å²) in [6.45, 7) is 0. The molecule has 4 rings (SSSR count). The van der Waals surface area contributed by atoms with E-state index in [9.17, 15) is 4.79 Å². The molecule has 144 valence electrons. The van der Waals surface area contributed by atoms with E-state index in [-0.39, 0.29) is 5.91 Å². The Morgan fingerprint density at radius 1 is 1.00 bits per heavy atom. The third-order valence-corrected chi connectivity index (χ3v) is 4.89. The van der Waals surface area contributed by atoms with Gasteiger partial charge in [0.25, 0.3) is 5.91 Å². The number of thiazole rings is 1. The number of halogens is 1. The number of hydrogen-bond donors (Lipinski definition) is 2. The molecule has 5 nitrogen and oxygen atoms in total. The van der Waals surface area contributed by atoms with E-state index in [1.807, 2.05) is 47.8 Å². The minimum atomic E-state index is -0.270. The average molecular weight is 422 g/mol. The number of nitrogens with one attached hydrogen (secondary N) is 2. The van der Waals surface area contributed by atoms with Gasteiger partial charge in [-0.2, -0.15) is 0 Å². The van der Waals surface area contributed by atoms with E-state index in [0.717, 1.165) is 10.8 Å². The fraction of sp³-hybridized carbons (Fsp3) is 0. The van der Waals surface area contributed by atoms with Gasteiger partial charge in [0.15, 0.2) is 10.9 Å². The summed E-state index contributed by atoms with van der Waals surface area (Å²) in [5.41, 5.74) is 1.77. The molecular weight excluding hydrogens is 406 g/mol. The molecule has 1 heterocycles. The highest BCUT2D eigenvalue weighted by molar-refractivity contribution is 7.13. The van der Waals surface area contributed by atoms with E-state index < -0.39 is 0 Å². The third-order valence-electron chi connectivity index (χ3n) is 3.97. The summed E-state index contributed by atoms with van der Waals surface area (Å²) in [5.74, 6) is 0.902. The van der Waals surface area contributed by atoms with E-state index in [0.29, 0.717) is 27.8 Å².